The van der Waals surface area contributed by atoms with Crippen molar-refractivity contribution in [3.8, 4) is 0 Å². The molecule has 0 atom stereocenters. The van der Waals surface area contributed by atoms with Crippen molar-refractivity contribution in [2.75, 3.05) is 18.1 Å². The highest BCUT2D eigenvalue weighted by molar-refractivity contribution is 8.00. The van der Waals surface area contributed by atoms with E-state index in [0.717, 1.165) is 25.0 Å². The Balaban J connectivity index is 2.34. The van der Waals surface area contributed by atoms with Crippen molar-refractivity contribution in [1.82, 2.24) is 0 Å². The summed E-state index contributed by atoms with van der Waals surface area (Å²) in [4.78, 5) is -1.08. The lowest BCUT2D eigenvalue weighted by Gasteiger charge is -2.17. The molecule has 118 valence electrons. The highest BCUT2D eigenvalue weighted by atomic mass is 32.2. The first-order valence-corrected chi connectivity index (χ1v) is 8.72. The van der Waals surface area contributed by atoms with Crippen LogP contribution in [0.15, 0.2) is 23.1 Å². The van der Waals surface area contributed by atoms with Gasteiger partial charge in [0.2, 0.25) is 0 Å². The molecule has 1 N–H and O–H groups in total. The number of thioether (sulfide) groups is 1. The molecule has 0 amide bonds. The minimum atomic E-state index is -5.59. The minimum Gasteiger partial charge on any atom is -0.383 e. The maximum atomic E-state index is 13.2. The number of benzene rings is 1. The van der Waals surface area contributed by atoms with Gasteiger partial charge in [-0.1, -0.05) is 0 Å². The second kappa shape index (κ2) is 5.35. The number of rotatable bonds is 5. The number of hydrogen-bond acceptors (Lipinski definition) is 4. The first kappa shape index (κ1) is 16.4. The molecule has 0 saturated heterocycles. The number of anilines is 1. The second-order valence-corrected chi connectivity index (χ2v) is 8.01. The van der Waals surface area contributed by atoms with Crippen LogP contribution in [0.4, 0.5) is 23.2 Å². The number of nitrogens with one attached hydrogen (secondary N) is 1. The molecular formula is C12H13F4NO2S2. The minimum absolute atomic E-state index is 0.0757. The predicted octanol–water partition coefficient (Wildman–Crippen LogP) is 3.43. The van der Waals surface area contributed by atoms with Gasteiger partial charge >= 0.3 is 5.51 Å². The molecular weight excluding hydrogens is 330 g/mol. The van der Waals surface area contributed by atoms with E-state index < -0.39 is 26.1 Å². The highest BCUT2D eigenvalue weighted by Crippen LogP contribution is 2.47. The Hall–Kier alpha value is -0.960. The highest BCUT2D eigenvalue weighted by Gasteiger charge is 2.48. The maximum absolute atomic E-state index is 13.2. The molecule has 0 radical (unpaired) electrons. The van der Waals surface area contributed by atoms with Crippen LogP contribution in [0.2, 0.25) is 0 Å². The van der Waals surface area contributed by atoms with Gasteiger partial charge < -0.3 is 5.32 Å². The van der Waals surface area contributed by atoms with Crippen molar-refractivity contribution < 1.29 is 26.0 Å². The first-order valence-electron chi connectivity index (χ1n) is 6.01. The molecule has 9 heteroatoms. The molecule has 1 aromatic carbocycles. The van der Waals surface area contributed by atoms with Crippen LogP contribution in [0.5, 0.6) is 0 Å². The molecule has 2 rings (SSSR count). The van der Waals surface area contributed by atoms with Crippen LogP contribution in [0.3, 0.4) is 0 Å². The quantitative estimate of drug-likeness (QED) is 0.832. The van der Waals surface area contributed by atoms with E-state index in [9.17, 15) is 26.0 Å². The Bertz CT molecular complexity index is 639. The molecule has 21 heavy (non-hydrogen) atoms. The van der Waals surface area contributed by atoms with Gasteiger partial charge in [0.25, 0.3) is 9.84 Å². The van der Waals surface area contributed by atoms with Gasteiger partial charge in [-0.15, -0.1) is 0 Å². The zero-order valence-electron chi connectivity index (χ0n) is 11.0. The van der Waals surface area contributed by atoms with Crippen molar-refractivity contribution in [1.29, 1.82) is 0 Å². The number of hydrogen-bond donors (Lipinski definition) is 1. The molecule has 1 aliphatic rings. The third kappa shape index (κ3) is 3.28. The topological polar surface area (TPSA) is 46.2 Å². The second-order valence-electron chi connectivity index (χ2n) is 4.83. The summed E-state index contributed by atoms with van der Waals surface area (Å²) in [5.41, 5.74) is -5.69. The summed E-state index contributed by atoms with van der Waals surface area (Å²) in [5, 5.41) is 2.71. The van der Waals surface area contributed by atoms with Gasteiger partial charge in [-0.05, 0) is 37.3 Å². The molecule has 0 unspecified atom stereocenters. The van der Waals surface area contributed by atoms with Crippen molar-refractivity contribution in [2.24, 2.45) is 0 Å². The van der Waals surface area contributed by atoms with Gasteiger partial charge in [0, 0.05) is 11.3 Å². The molecule has 0 heterocycles. The number of alkyl halides is 3. The van der Waals surface area contributed by atoms with Gasteiger partial charge in [0.15, 0.2) is 0 Å². The fraction of sp³-hybridized carbons (Fsp3) is 0.500. The van der Waals surface area contributed by atoms with E-state index in [1.165, 1.54) is 0 Å². The standard InChI is InChI=1S/C12H13F4NO2S2/c1-20-11(4-5-11)7-17-9-3-2-8(13)6-10(9)21(18,19)12(14,15)16/h2-3,6,17H,4-5,7H2,1H3. The van der Waals surface area contributed by atoms with Crippen molar-refractivity contribution in [2.45, 2.75) is 28.0 Å². The van der Waals surface area contributed by atoms with Crippen LogP contribution in [0, 0.1) is 5.82 Å². The average molecular weight is 343 g/mol. The predicted molar refractivity (Wildman–Crippen MR) is 73.6 cm³/mol. The fourth-order valence-electron chi connectivity index (χ4n) is 1.84. The first-order chi connectivity index (χ1) is 9.61. The van der Waals surface area contributed by atoms with Gasteiger partial charge in [-0.2, -0.15) is 24.9 Å². The van der Waals surface area contributed by atoms with E-state index in [4.69, 9.17) is 0 Å². The van der Waals surface area contributed by atoms with Crippen molar-refractivity contribution in [3.63, 3.8) is 0 Å². The van der Waals surface area contributed by atoms with Gasteiger partial charge in [-0.25, -0.2) is 12.8 Å². The molecule has 0 aliphatic heterocycles. The van der Waals surface area contributed by atoms with Crippen LogP contribution in [0.25, 0.3) is 0 Å². The van der Waals surface area contributed by atoms with E-state index in [1.807, 2.05) is 6.26 Å². The van der Waals surface area contributed by atoms with E-state index in [0.29, 0.717) is 12.6 Å². The van der Waals surface area contributed by atoms with E-state index in [2.05, 4.69) is 5.32 Å². The summed E-state index contributed by atoms with van der Waals surface area (Å²) < 4.78 is 74.0. The Kier molecular flexibility index (Phi) is 4.18. The molecule has 1 fully saturated rings. The fourth-order valence-corrected chi connectivity index (χ4v) is 3.51. The summed E-state index contributed by atoms with van der Waals surface area (Å²) in [6, 6.07) is 2.34. The van der Waals surface area contributed by atoms with Gasteiger partial charge in [0.05, 0.1) is 5.69 Å². The Morgan fingerprint density at radius 1 is 1.33 bits per heavy atom. The number of halogens is 4. The SMILES string of the molecule is CSC1(CNc2ccc(F)cc2S(=O)(=O)C(F)(F)F)CC1. The Labute approximate surface area is 124 Å². The van der Waals surface area contributed by atoms with Crippen molar-refractivity contribution in [3.05, 3.63) is 24.0 Å². The zero-order chi connectivity index (χ0) is 15.9. The third-order valence-corrected chi connectivity index (χ3v) is 6.32. The van der Waals surface area contributed by atoms with Crippen LogP contribution >= 0.6 is 11.8 Å². The van der Waals surface area contributed by atoms with E-state index in [-0.39, 0.29) is 10.4 Å². The largest absolute Gasteiger partial charge is 0.501 e. The molecule has 3 nitrogen and oxygen atoms in total. The monoisotopic (exact) mass is 343 g/mol. The van der Waals surface area contributed by atoms with Crippen LogP contribution in [0.1, 0.15) is 12.8 Å². The molecule has 1 aliphatic carbocycles. The number of sulfone groups is 1. The zero-order valence-corrected chi connectivity index (χ0v) is 12.6. The smallest absolute Gasteiger partial charge is 0.383 e. The van der Waals surface area contributed by atoms with Crippen molar-refractivity contribution >= 4 is 27.3 Å². The Morgan fingerprint density at radius 3 is 2.43 bits per heavy atom. The molecule has 1 aromatic rings. The van der Waals surface area contributed by atoms with E-state index >= 15 is 0 Å². The molecule has 0 spiro atoms. The summed E-state index contributed by atoms with van der Waals surface area (Å²) >= 11 is 1.57. The van der Waals surface area contributed by atoms with Crippen LogP contribution in [-0.2, 0) is 9.84 Å². The summed E-state index contributed by atoms with van der Waals surface area (Å²) in [6.45, 7) is 0.334. The lowest BCUT2D eigenvalue weighted by Crippen LogP contribution is -2.25. The third-order valence-electron chi connectivity index (χ3n) is 3.38. The van der Waals surface area contributed by atoms with Crippen LogP contribution in [-0.4, -0.2) is 31.5 Å². The molecule has 0 bridgehead atoms. The maximum Gasteiger partial charge on any atom is 0.501 e. The lowest BCUT2D eigenvalue weighted by molar-refractivity contribution is -0.0435. The lowest BCUT2D eigenvalue weighted by atomic mass is 10.3. The van der Waals surface area contributed by atoms with Crippen LogP contribution < -0.4 is 5.32 Å². The van der Waals surface area contributed by atoms with E-state index in [1.54, 1.807) is 11.8 Å². The summed E-state index contributed by atoms with van der Waals surface area (Å²) in [5.74, 6) is -1.03. The molecule has 1 saturated carbocycles. The average Bonchev–Trinajstić information content (AvgIpc) is 3.16. The van der Waals surface area contributed by atoms with Gasteiger partial charge in [-0.3, -0.25) is 0 Å². The summed E-state index contributed by atoms with van der Waals surface area (Å²) in [6.07, 6.45) is 3.69. The Morgan fingerprint density at radius 2 is 1.95 bits per heavy atom. The molecule has 0 aromatic heterocycles. The normalized spacial score (nSPS) is 17.6. The summed E-state index contributed by atoms with van der Waals surface area (Å²) in [7, 11) is -5.59. The van der Waals surface area contributed by atoms with Gasteiger partial charge in [0.1, 0.15) is 10.7 Å².